The molecule has 1 unspecified atom stereocenters. The van der Waals surface area contributed by atoms with E-state index in [1.54, 1.807) is 0 Å². The molecule has 2 heterocycles. The lowest BCUT2D eigenvalue weighted by Gasteiger charge is -2.24. The average molecular weight is 259 g/mol. The van der Waals surface area contributed by atoms with Crippen molar-refractivity contribution in [3.63, 3.8) is 0 Å². The van der Waals surface area contributed by atoms with Gasteiger partial charge in [0, 0.05) is 11.7 Å². The highest BCUT2D eigenvalue weighted by Crippen LogP contribution is 2.38. The Bertz CT molecular complexity index is 616. The van der Waals surface area contributed by atoms with Crippen LogP contribution in [0.4, 0.5) is 21.8 Å². The highest BCUT2D eigenvalue weighted by molar-refractivity contribution is 5.69. The van der Waals surface area contributed by atoms with Crippen LogP contribution in [0.25, 0.3) is 0 Å². The third-order valence-corrected chi connectivity index (χ3v) is 3.29. The summed E-state index contributed by atoms with van der Waals surface area (Å²) in [4.78, 5) is 9.77. The molecule has 1 aliphatic heterocycles. The molecule has 0 aliphatic carbocycles. The first-order valence-corrected chi connectivity index (χ1v) is 6.07. The molecule has 1 aromatic carbocycles. The zero-order valence-electron chi connectivity index (χ0n) is 10.5. The van der Waals surface area contributed by atoms with Crippen LogP contribution in [0.1, 0.15) is 12.5 Å². The Morgan fingerprint density at radius 3 is 3.00 bits per heavy atom. The van der Waals surface area contributed by atoms with E-state index in [1.807, 2.05) is 36.1 Å². The van der Waals surface area contributed by atoms with Crippen LogP contribution in [0.2, 0.25) is 0 Å². The number of nitrogens with one attached hydrogen (secondary N) is 1. The van der Waals surface area contributed by atoms with Gasteiger partial charge in [0.25, 0.3) is 0 Å². The standard InChI is InChI=1S/C13H14FN5/c1-8-6-9-4-2-3-5-11(9)19(8)12-10(14)7-16-13(17-12)18-15/h2-5,7-8H,6,15H2,1H3,(H,16,17,18). The van der Waals surface area contributed by atoms with E-state index in [9.17, 15) is 4.39 Å². The van der Waals surface area contributed by atoms with Crippen LogP contribution in [-0.4, -0.2) is 16.0 Å². The number of fused-ring (bicyclic) bond motifs is 1. The molecular formula is C13H14FN5. The lowest BCUT2D eigenvalue weighted by Crippen LogP contribution is -2.26. The van der Waals surface area contributed by atoms with E-state index >= 15 is 0 Å². The van der Waals surface area contributed by atoms with Crippen LogP contribution in [0, 0.1) is 5.82 Å². The van der Waals surface area contributed by atoms with Gasteiger partial charge in [0.2, 0.25) is 5.95 Å². The zero-order chi connectivity index (χ0) is 13.4. The molecule has 98 valence electrons. The summed E-state index contributed by atoms with van der Waals surface area (Å²) >= 11 is 0. The minimum Gasteiger partial charge on any atom is -0.320 e. The van der Waals surface area contributed by atoms with Crippen molar-refractivity contribution >= 4 is 17.5 Å². The molecule has 0 bridgehead atoms. The van der Waals surface area contributed by atoms with Crippen LogP contribution in [-0.2, 0) is 6.42 Å². The van der Waals surface area contributed by atoms with Gasteiger partial charge < -0.3 is 4.90 Å². The molecule has 3 N–H and O–H groups in total. The van der Waals surface area contributed by atoms with Gasteiger partial charge in [-0.15, -0.1) is 0 Å². The zero-order valence-corrected chi connectivity index (χ0v) is 10.5. The molecule has 1 atom stereocenters. The van der Waals surface area contributed by atoms with Gasteiger partial charge in [-0.2, -0.15) is 4.98 Å². The summed E-state index contributed by atoms with van der Waals surface area (Å²) in [5, 5.41) is 0. The summed E-state index contributed by atoms with van der Waals surface area (Å²) in [6, 6.07) is 8.08. The maximum atomic E-state index is 14.0. The molecule has 1 aromatic heterocycles. The van der Waals surface area contributed by atoms with Gasteiger partial charge in [-0.3, -0.25) is 5.43 Å². The van der Waals surface area contributed by atoms with Crippen molar-refractivity contribution in [1.29, 1.82) is 0 Å². The number of hydrazine groups is 1. The number of aromatic nitrogens is 2. The SMILES string of the molecule is CC1Cc2ccccc2N1c1nc(NN)ncc1F. The second-order valence-corrected chi connectivity index (χ2v) is 4.56. The fraction of sp³-hybridized carbons (Fsp3) is 0.231. The third kappa shape index (κ3) is 1.90. The van der Waals surface area contributed by atoms with E-state index in [-0.39, 0.29) is 17.8 Å². The van der Waals surface area contributed by atoms with Crippen molar-refractivity contribution in [3.05, 3.63) is 41.8 Å². The molecule has 5 nitrogen and oxygen atoms in total. The maximum Gasteiger partial charge on any atom is 0.239 e. The number of para-hydroxylation sites is 1. The van der Waals surface area contributed by atoms with Gasteiger partial charge in [0.15, 0.2) is 11.6 Å². The number of benzene rings is 1. The summed E-state index contributed by atoms with van der Waals surface area (Å²) in [6.45, 7) is 2.04. The largest absolute Gasteiger partial charge is 0.320 e. The van der Waals surface area contributed by atoms with E-state index in [0.29, 0.717) is 0 Å². The predicted molar refractivity (Wildman–Crippen MR) is 71.5 cm³/mol. The first kappa shape index (κ1) is 11.9. The van der Waals surface area contributed by atoms with E-state index < -0.39 is 5.82 Å². The maximum absolute atomic E-state index is 14.0. The van der Waals surface area contributed by atoms with E-state index in [0.717, 1.165) is 18.3 Å². The fourth-order valence-electron chi connectivity index (χ4n) is 2.48. The van der Waals surface area contributed by atoms with Gasteiger partial charge in [0.1, 0.15) is 0 Å². The molecule has 0 spiro atoms. The molecule has 3 rings (SSSR count). The first-order chi connectivity index (χ1) is 9.20. The molecule has 0 saturated carbocycles. The van der Waals surface area contributed by atoms with Crippen molar-refractivity contribution in [2.45, 2.75) is 19.4 Å². The number of nitrogens with two attached hydrogens (primary N) is 1. The van der Waals surface area contributed by atoms with Crippen LogP contribution in [0.3, 0.4) is 0 Å². The number of rotatable bonds is 2. The summed E-state index contributed by atoms with van der Waals surface area (Å²) in [7, 11) is 0. The molecule has 6 heteroatoms. The highest BCUT2D eigenvalue weighted by Gasteiger charge is 2.30. The monoisotopic (exact) mass is 259 g/mol. The minimum atomic E-state index is -0.456. The number of halogens is 1. The van der Waals surface area contributed by atoms with Gasteiger partial charge in [-0.1, -0.05) is 18.2 Å². The highest BCUT2D eigenvalue weighted by atomic mass is 19.1. The van der Waals surface area contributed by atoms with Gasteiger partial charge in [-0.05, 0) is 25.0 Å². The third-order valence-electron chi connectivity index (χ3n) is 3.29. The molecule has 0 saturated heterocycles. The summed E-state index contributed by atoms with van der Waals surface area (Å²) < 4.78 is 14.0. The smallest absolute Gasteiger partial charge is 0.239 e. The number of nitrogen functional groups attached to an aromatic ring is 1. The first-order valence-electron chi connectivity index (χ1n) is 6.07. The van der Waals surface area contributed by atoms with Gasteiger partial charge >= 0.3 is 0 Å². The van der Waals surface area contributed by atoms with Crippen molar-refractivity contribution in [1.82, 2.24) is 9.97 Å². The number of hydrogen-bond acceptors (Lipinski definition) is 5. The molecule has 2 aromatic rings. The number of nitrogens with zero attached hydrogens (tertiary/aromatic N) is 3. The second kappa shape index (κ2) is 4.47. The van der Waals surface area contributed by atoms with Crippen LogP contribution >= 0.6 is 0 Å². The molecular weight excluding hydrogens is 245 g/mol. The Kier molecular flexibility index (Phi) is 2.79. The summed E-state index contributed by atoms with van der Waals surface area (Å²) in [6.07, 6.45) is 2.00. The van der Waals surface area contributed by atoms with Crippen LogP contribution in [0.5, 0.6) is 0 Å². The van der Waals surface area contributed by atoms with Gasteiger partial charge in [0.05, 0.1) is 6.20 Å². The Labute approximate surface area is 110 Å². The molecule has 0 amide bonds. The van der Waals surface area contributed by atoms with Crippen LogP contribution in [0.15, 0.2) is 30.5 Å². The average Bonchev–Trinajstić information content (AvgIpc) is 2.75. The number of hydrogen-bond donors (Lipinski definition) is 2. The Hall–Kier alpha value is -2.21. The molecule has 1 aliphatic rings. The topological polar surface area (TPSA) is 67.1 Å². The lowest BCUT2D eigenvalue weighted by atomic mass is 10.1. The van der Waals surface area contributed by atoms with E-state index in [2.05, 4.69) is 15.4 Å². The summed E-state index contributed by atoms with van der Waals surface area (Å²) in [5.74, 6) is 5.28. The quantitative estimate of drug-likeness (QED) is 0.637. The second-order valence-electron chi connectivity index (χ2n) is 4.56. The van der Waals surface area contributed by atoms with Crippen molar-refractivity contribution in [2.75, 3.05) is 10.3 Å². The lowest BCUT2D eigenvalue weighted by molar-refractivity contribution is 0.603. The minimum absolute atomic E-state index is 0.146. The molecule has 19 heavy (non-hydrogen) atoms. The van der Waals surface area contributed by atoms with Gasteiger partial charge in [-0.25, -0.2) is 15.2 Å². The Morgan fingerprint density at radius 1 is 1.42 bits per heavy atom. The van der Waals surface area contributed by atoms with Crippen LogP contribution < -0.4 is 16.2 Å². The fourth-order valence-corrected chi connectivity index (χ4v) is 2.48. The Balaban J connectivity index is 2.12. The summed E-state index contributed by atoms with van der Waals surface area (Å²) in [5.41, 5.74) is 4.51. The normalized spacial score (nSPS) is 17.4. The van der Waals surface area contributed by atoms with E-state index in [1.165, 1.54) is 5.56 Å². The van der Waals surface area contributed by atoms with Crippen molar-refractivity contribution in [2.24, 2.45) is 5.84 Å². The van der Waals surface area contributed by atoms with Crippen molar-refractivity contribution in [3.8, 4) is 0 Å². The molecule has 0 radical (unpaired) electrons. The Morgan fingerprint density at radius 2 is 2.21 bits per heavy atom. The number of anilines is 3. The molecule has 0 fully saturated rings. The van der Waals surface area contributed by atoms with E-state index in [4.69, 9.17) is 5.84 Å². The van der Waals surface area contributed by atoms with Crippen molar-refractivity contribution < 1.29 is 4.39 Å². The predicted octanol–water partition coefficient (Wildman–Crippen LogP) is 1.98.